The number of nitrogens with one attached hydrogen (secondary N) is 2. The van der Waals surface area contributed by atoms with Crippen molar-refractivity contribution in [3.05, 3.63) is 52.8 Å². The van der Waals surface area contributed by atoms with Crippen molar-refractivity contribution >= 4 is 46.9 Å². The number of thioether (sulfide) groups is 1. The summed E-state index contributed by atoms with van der Waals surface area (Å²) in [5, 5.41) is 4.49. The number of halogens is 2. The van der Waals surface area contributed by atoms with Gasteiger partial charge in [-0.3, -0.25) is 15.2 Å². The highest BCUT2D eigenvalue weighted by Crippen LogP contribution is 2.32. The van der Waals surface area contributed by atoms with E-state index in [1.807, 2.05) is 0 Å². The van der Waals surface area contributed by atoms with E-state index >= 15 is 0 Å². The summed E-state index contributed by atoms with van der Waals surface area (Å²) in [4.78, 5) is 21.0. The first kappa shape index (κ1) is 18.5. The average molecular weight is 410 g/mol. The Bertz CT molecular complexity index is 907. The summed E-state index contributed by atoms with van der Waals surface area (Å²) in [5.74, 6) is 0.104. The zero-order valence-electron chi connectivity index (χ0n) is 13.4. The van der Waals surface area contributed by atoms with Crippen LogP contribution in [0.2, 0.25) is 10.0 Å². The molecule has 3 rings (SSSR count). The maximum absolute atomic E-state index is 12.2. The summed E-state index contributed by atoms with van der Waals surface area (Å²) in [6, 6.07) is 8.67. The molecular formula is C16H13Cl2N5O2S. The summed E-state index contributed by atoms with van der Waals surface area (Å²) in [5.41, 5.74) is 5.88. The number of hydrogen-bond acceptors (Lipinski definition) is 7. The number of hydrazine groups is 1. The SMILES string of the molecule is CC(Sc1cc(Cl)ccc1Cl)C(=O)NNc1nc(-c2ccncc2)no1. The molecule has 10 heteroatoms. The van der Waals surface area contributed by atoms with Gasteiger partial charge in [0.15, 0.2) is 0 Å². The van der Waals surface area contributed by atoms with Crippen LogP contribution in [0.25, 0.3) is 11.4 Å². The maximum Gasteiger partial charge on any atom is 0.340 e. The summed E-state index contributed by atoms with van der Waals surface area (Å²) in [6.45, 7) is 1.75. The molecule has 1 aromatic carbocycles. The number of hydrogen-bond donors (Lipinski definition) is 2. The van der Waals surface area contributed by atoms with Gasteiger partial charge in [0.1, 0.15) is 0 Å². The molecule has 0 saturated carbocycles. The van der Waals surface area contributed by atoms with Crippen LogP contribution in [0.3, 0.4) is 0 Å². The number of anilines is 1. The fourth-order valence-corrected chi connectivity index (χ4v) is 3.33. The molecule has 0 bridgehead atoms. The van der Waals surface area contributed by atoms with Gasteiger partial charge in [0.25, 0.3) is 5.91 Å². The fourth-order valence-electron chi connectivity index (χ4n) is 1.92. The van der Waals surface area contributed by atoms with Gasteiger partial charge < -0.3 is 4.52 Å². The van der Waals surface area contributed by atoms with E-state index in [9.17, 15) is 4.79 Å². The molecule has 0 radical (unpaired) electrons. The van der Waals surface area contributed by atoms with Gasteiger partial charge in [-0.2, -0.15) is 4.98 Å². The van der Waals surface area contributed by atoms with Crippen molar-refractivity contribution in [3.63, 3.8) is 0 Å². The molecule has 1 atom stereocenters. The van der Waals surface area contributed by atoms with Gasteiger partial charge in [0, 0.05) is 27.9 Å². The van der Waals surface area contributed by atoms with Crippen molar-refractivity contribution in [3.8, 4) is 11.4 Å². The van der Waals surface area contributed by atoms with E-state index in [1.165, 1.54) is 11.8 Å². The van der Waals surface area contributed by atoms with Crippen LogP contribution in [0.15, 0.2) is 52.1 Å². The second-order valence-corrected chi connectivity index (χ2v) is 7.33. The Kier molecular flexibility index (Phi) is 5.97. The van der Waals surface area contributed by atoms with Crippen molar-refractivity contribution < 1.29 is 9.32 Å². The lowest BCUT2D eigenvalue weighted by atomic mass is 10.3. The highest BCUT2D eigenvalue weighted by molar-refractivity contribution is 8.00. The molecule has 134 valence electrons. The van der Waals surface area contributed by atoms with Gasteiger partial charge in [-0.25, -0.2) is 5.43 Å². The largest absolute Gasteiger partial charge is 0.340 e. The van der Waals surface area contributed by atoms with Crippen LogP contribution in [-0.4, -0.2) is 26.3 Å². The standard InChI is InChI=1S/C16H13Cl2N5O2S/c1-9(26-13-8-11(17)2-3-12(13)18)15(24)21-22-16-20-14(23-25-16)10-4-6-19-7-5-10/h2-9H,1H3,(H,21,24)(H,20,22,23). The molecule has 0 fully saturated rings. The Balaban J connectivity index is 1.57. The molecule has 0 aliphatic rings. The highest BCUT2D eigenvalue weighted by Gasteiger charge is 2.17. The molecule has 7 nitrogen and oxygen atoms in total. The molecule has 2 heterocycles. The maximum atomic E-state index is 12.2. The van der Waals surface area contributed by atoms with Crippen LogP contribution in [0.4, 0.5) is 6.01 Å². The molecule has 0 aliphatic heterocycles. The first-order valence-corrected chi connectivity index (χ1v) is 9.08. The number of pyridine rings is 1. The lowest BCUT2D eigenvalue weighted by Gasteiger charge is -2.12. The normalized spacial score (nSPS) is 11.8. The molecule has 1 unspecified atom stereocenters. The quantitative estimate of drug-likeness (QED) is 0.468. The first-order chi connectivity index (χ1) is 12.5. The molecule has 26 heavy (non-hydrogen) atoms. The lowest BCUT2D eigenvalue weighted by molar-refractivity contribution is -0.119. The predicted molar refractivity (Wildman–Crippen MR) is 101 cm³/mol. The first-order valence-electron chi connectivity index (χ1n) is 7.44. The Morgan fingerprint density at radius 1 is 1.23 bits per heavy atom. The van der Waals surface area contributed by atoms with Gasteiger partial charge in [0.2, 0.25) is 5.82 Å². The van der Waals surface area contributed by atoms with Crippen molar-refractivity contribution in [1.29, 1.82) is 0 Å². The number of amides is 1. The van der Waals surface area contributed by atoms with E-state index in [0.29, 0.717) is 15.9 Å². The molecule has 3 aromatic rings. The predicted octanol–water partition coefficient (Wildman–Crippen LogP) is 4.06. The van der Waals surface area contributed by atoms with Crippen molar-refractivity contribution in [2.45, 2.75) is 17.1 Å². The van der Waals surface area contributed by atoms with E-state index in [4.69, 9.17) is 27.7 Å². The molecule has 0 saturated heterocycles. The van der Waals surface area contributed by atoms with Crippen LogP contribution < -0.4 is 10.9 Å². The summed E-state index contributed by atoms with van der Waals surface area (Å²) in [7, 11) is 0. The lowest BCUT2D eigenvalue weighted by Crippen LogP contribution is -2.35. The summed E-state index contributed by atoms with van der Waals surface area (Å²) >= 11 is 13.4. The van der Waals surface area contributed by atoms with Gasteiger partial charge in [-0.15, -0.1) is 11.8 Å². The molecule has 2 aromatic heterocycles. The molecule has 0 aliphatic carbocycles. The molecule has 2 N–H and O–H groups in total. The van der Waals surface area contributed by atoms with E-state index in [-0.39, 0.29) is 11.9 Å². The Hall–Kier alpha value is -2.29. The minimum atomic E-state index is -0.430. The van der Waals surface area contributed by atoms with E-state index in [1.54, 1.807) is 49.6 Å². The molecule has 1 amide bonds. The summed E-state index contributed by atoms with van der Waals surface area (Å²) < 4.78 is 5.05. The van der Waals surface area contributed by atoms with Gasteiger partial charge in [0.05, 0.1) is 10.3 Å². The number of benzene rings is 1. The van der Waals surface area contributed by atoms with Gasteiger partial charge in [-0.1, -0.05) is 28.4 Å². The second-order valence-electron chi connectivity index (χ2n) is 5.11. The molecular weight excluding hydrogens is 397 g/mol. The topological polar surface area (TPSA) is 92.9 Å². The third-order valence-electron chi connectivity index (χ3n) is 3.22. The Labute approximate surface area is 163 Å². The van der Waals surface area contributed by atoms with E-state index < -0.39 is 5.25 Å². The fraction of sp³-hybridized carbons (Fsp3) is 0.125. The molecule has 0 spiro atoms. The Morgan fingerprint density at radius 2 is 2.00 bits per heavy atom. The number of carbonyl (C=O) groups excluding carboxylic acids is 1. The number of aromatic nitrogens is 3. The minimum Gasteiger partial charge on any atom is -0.313 e. The summed E-state index contributed by atoms with van der Waals surface area (Å²) in [6.07, 6.45) is 3.25. The number of nitrogens with zero attached hydrogens (tertiary/aromatic N) is 3. The van der Waals surface area contributed by atoms with Crippen molar-refractivity contribution in [1.82, 2.24) is 20.6 Å². The Morgan fingerprint density at radius 3 is 2.77 bits per heavy atom. The van der Waals surface area contributed by atoms with E-state index in [0.717, 1.165) is 10.5 Å². The zero-order chi connectivity index (χ0) is 18.5. The van der Waals surface area contributed by atoms with Crippen molar-refractivity contribution in [2.75, 3.05) is 5.43 Å². The third kappa shape index (κ3) is 4.66. The third-order valence-corrected chi connectivity index (χ3v) is 5.06. The van der Waals surface area contributed by atoms with Crippen LogP contribution in [0.5, 0.6) is 0 Å². The van der Waals surface area contributed by atoms with Crippen LogP contribution >= 0.6 is 35.0 Å². The van der Waals surface area contributed by atoms with Crippen molar-refractivity contribution in [2.24, 2.45) is 0 Å². The second kappa shape index (κ2) is 8.39. The minimum absolute atomic E-state index is 0.0724. The van der Waals surface area contributed by atoms with Crippen LogP contribution in [-0.2, 0) is 4.79 Å². The number of carbonyl (C=O) groups is 1. The van der Waals surface area contributed by atoms with Gasteiger partial charge in [-0.05, 0) is 37.3 Å². The number of rotatable bonds is 6. The monoisotopic (exact) mass is 409 g/mol. The highest BCUT2D eigenvalue weighted by atomic mass is 35.5. The average Bonchev–Trinajstić information content (AvgIpc) is 3.12. The zero-order valence-corrected chi connectivity index (χ0v) is 15.8. The smallest absolute Gasteiger partial charge is 0.313 e. The van der Waals surface area contributed by atoms with Gasteiger partial charge >= 0.3 is 6.01 Å². The van der Waals surface area contributed by atoms with Crippen LogP contribution in [0.1, 0.15) is 6.92 Å². The van der Waals surface area contributed by atoms with Crippen LogP contribution in [0, 0.1) is 0 Å². The van der Waals surface area contributed by atoms with E-state index in [2.05, 4.69) is 26.0 Å².